The molecule has 0 unspecified atom stereocenters. The molecule has 1 nitrogen and oxygen atoms in total. The SMILES string of the molecule is C[Si](C)(C)OCCC[Si](C)(C)C1=[C-]CC=C1.[C-]1=CC=CC1.[Cl-].[Cl-].[Zr+4]. The molecule has 24 heavy (non-hydrogen) atoms. The van der Waals surface area contributed by atoms with Gasteiger partial charge < -0.3 is 29.2 Å². The maximum absolute atomic E-state index is 5.90. The maximum atomic E-state index is 5.90. The summed E-state index contributed by atoms with van der Waals surface area (Å²) in [6.07, 6.45) is 20.2. The molecule has 0 N–H and O–H groups in total. The van der Waals surface area contributed by atoms with Crippen molar-refractivity contribution in [2.24, 2.45) is 0 Å². The largest absolute Gasteiger partial charge is 4.00 e. The van der Waals surface area contributed by atoms with Gasteiger partial charge in [0.1, 0.15) is 0 Å². The third kappa shape index (κ3) is 14.0. The molecule has 134 valence electrons. The van der Waals surface area contributed by atoms with Gasteiger partial charge in [-0.2, -0.15) is 12.2 Å². The molecule has 0 saturated heterocycles. The molecule has 0 aromatic carbocycles. The summed E-state index contributed by atoms with van der Waals surface area (Å²) in [7, 11) is -2.52. The molecule has 2 rings (SSSR count). The average Bonchev–Trinajstić information content (AvgIpc) is 3.07. The van der Waals surface area contributed by atoms with Crippen LogP contribution in [0.4, 0.5) is 0 Å². The van der Waals surface area contributed by atoms with E-state index >= 15 is 0 Å². The molecule has 0 aliphatic heterocycles. The first-order valence-electron chi connectivity index (χ1n) is 7.95. The summed E-state index contributed by atoms with van der Waals surface area (Å²) in [5.41, 5.74) is 0. The zero-order valence-electron chi connectivity index (χ0n) is 15.6. The topological polar surface area (TPSA) is 9.23 Å². The zero-order valence-corrected chi connectivity index (χ0v) is 21.6. The van der Waals surface area contributed by atoms with Gasteiger partial charge in [0.2, 0.25) is 0 Å². The fourth-order valence-electron chi connectivity index (χ4n) is 2.24. The van der Waals surface area contributed by atoms with Crippen molar-refractivity contribution in [2.75, 3.05) is 6.61 Å². The fourth-order valence-corrected chi connectivity index (χ4v) is 5.44. The zero-order chi connectivity index (χ0) is 15.8. The third-order valence-corrected chi connectivity index (χ3v) is 7.97. The molecule has 0 bridgehead atoms. The second-order valence-corrected chi connectivity index (χ2v) is 16.5. The van der Waals surface area contributed by atoms with Gasteiger partial charge in [-0.25, -0.2) is 23.4 Å². The van der Waals surface area contributed by atoms with Crippen LogP contribution < -0.4 is 24.8 Å². The summed E-state index contributed by atoms with van der Waals surface area (Å²) in [4.78, 5) is 0. The van der Waals surface area contributed by atoms with Crippen LogP contribution in [0.15, 0.2) is 35.6 Å². The molecular weight excluding hydrogens is 450 g/mol. The van der Waals surface area contributed by atoms with Crippen LogP contribution in [-0.4, -0.2) is 23.0 Å². The predicted molar refractivity (Wildman–Crippen MR) is 98.3 cm³/mol. The van der Waals surface area contributed by atoms with E-state index in [4.69, 9.17) is 4.43 Å². The van der Waals surface area contributed by atoms with Crippen molar-refractivity contribution in [2.45, 2.75) is 58.0 Å². The van der Waals surface area contributed by atoms with Crippen LogP contribution in [0, 0.1) is 12.2 Å². The average molecular weight is 481 g/mol. The van der Waals surface area contributed by atoms with E-state index in [1.54, 1.807) is 0 Å². The van der Waals surface area contributed by atoms with E-state index in [-0.39, 0.29) is 51.0 Å². The van der Waals surface area contributed by atoms with E-state index in [0.29, 0.717) is 0 Å². The molecule has 0 heterocycles. The second kappa shape index (κ2) is 14.9. The first-order chi connectivity index (χ1) is 9.81. The van der Waals surface area contributed by atoms with E-state index in [2.05, 4.69) is 63.1 Å². The molecule has 0 saturated carbocycles. The van der Waals surface area contributed by atoms with Crippen LogP contribution in [0.5, 0.6) is 0 Å². The Morgan fingerprint density at radius 2 is 1.71 bits per heavy atom. The molecule has 0 radical (unpaired) electrons. The summed E-state index contributed by atoms with van der Waals surface area (Å²) in [5, 5.41) is 1.51. The Morgan fingerprint density at radius 1 is 1.04 bits per heavy atom. The van der Waals surface area contributed by atoms with Crippen molar-refractivity contribution in [3.8, 4) is 0 Å². The fraction of sp³-hybridized carbons (Fsp3) is 0.556. The quantitative estimate of drug-likeness (QED) is 0.282. The van der Waals surface area contributed by atoms with Gasteiger partial charge in [-0.15, -0.1) is 12.8 Å². The number of halogens is 2. The smallest absolute Gasteiger partial charge is 1.00 e. The van der Waals surface area contributed by atoms with Crippen molar-refractivity contribution in [3.63, 3.8) is 0 Å². The third-order valence-electron chi connectivity index (χ3n) is 3.49. The van der Waals surface area contributed by atoms with Gasteiger partial charge in [-0.3, -0.25) is 12.2 Å². The van der Waals surface area contributed by atoms with Crippen molar-refractivity contribution >= 4 is 16.4 Å². The predicted octanol–water partition coefficient (Wildman–Crippen LogP) is -0.524. The Balaban J connectivity index is -0.000000475. The summed E-state index contributed by atoms with van der Waals surface area (Å²) in [6, 6.07) is 1.32. The summed E-state index contributed by atoms with van der Waals surface area (Å²) in [6.45, 7) is 12.6. The van der Waals surface area contributed by atoms with Gasteiger partial charge >= 0.3 is 26.2 Å². The van der Waals surface area contributed by atoms with Crippen LogP contribution in [0.1, 0.15) is 19.3 Å². The van der Waals surface area contributed by atoms with E-state index in [1.807, 2.05) is 12.2 Å². The molecule has 0 aromatic heterocycles. The van der Waals surface area contributed by atoms with E-state index in [9.17, 15) is 0 Å². The van der Waals surface area contributed by atoms with Crippen LogP contribution >= 0.6 is 0 Å². The molecule has 0 spiro atoms. The van der Waals surface area contributed by atoms with Crippen LogP contribution in [0.2, 0.25) is 38.8 Å². The van der Waals surface area contributed by atoms with Gasteiger partial charge in [0, 0.05) is 14.7 Å². The molecule has 0 aromatic rings. The Labute approximate surface area is 183 Å². The number of hydrogen-bond acceptors (Lipinski definition) is 1. The van der Waals surface area contributed by atoms with Crippen molar-refractivity contribution in [1.82, 2.24) is 0 Å². The Bertz CT molecular complexity index is 429. The molecular formula is C18H30Cl2OSi2Zr. The molecule has 0 amide bonds. The van der Waals surface area contributed by atoms with E-state index in [1.165, 1.54) is 17.7 Å². The van der Waals surface area contributed by atoms with Crippen molar-refractivity contribution in [3.05, 3.63) is 47.7 Å². The van der Waals surface area contributed by atoms with Gasteiger partial charge in [0.25, 0.3) is 0 Å². The standard InChI is InChI=1S/C13H25OSi2.C5H5.2ClH.Zr/c1-15(2,3)14-11-8-12-16(4,5)13-9-6-7-10-13;1-2-4-5-3-1;;;/h6,9H,7-8,11-12H2,1-5H3;1-3H,4H2;2*1H;/q2*-1;;;+4/p-2. The van der Waals surface area contributed by atoms with Crippen molar-refractivity contribution < 1.29 is 55.4 Å². The minimum atomic E-state index is -1.31. The molecule has 2 aliphatic carbocycles. The Morgan fingerprint density at radius 3 is 2.08 bits per heavy atom. The Hall–Kier alpha value is 0.817. The summed E-state index contributed by atoms with van der Waals surface area (Å²) in [5.74, 6) is 0. The van der Waals surface area contributed by atoms with Crippen LogP contribution in [0.25, 0.3) is 0 Å². The van der Waals surface area contributed by atoms with E-state index < -0.39 is 16.4 Å². The van der Waals surface area contributed by atoms with Crippen molar-refractivity contribution in [1.29, 1.82) is 0 Å². The number of allylic oxidation sites excluding steroid dienone is 8. The van der Waals surface area contributed by atoms with Gasteiger partial charge in [-0.1, -0.05) is 19.1 Å². The maximum Gasteiger partial charge on any atom is 4.00 e. The Kier molecular flexibility index (Phi) is 18.4. The first-order valence-corrected chi connectivity index (χ1v) is 14.6. The number of hydrogen-bond donors (Lipinski definition) is 0. The van der Waals surface area contributed by atoms with Gasteiger partial charge in [0.15, 0.2) is 8.32 Å². The monoisotopic (exact) mass is 478 g/mol. The molecule has 6 heteroatoms. The van der Waals surface area contributed by atoms with E-state index in [0.717, 1.165) is 19.4 Å². The number of rotatable bonds is 6. The van der Waals surface area contributed by atoms with Crippen LogP contribution in [0.3, 0.4) is 0 Å². The molecule has 2 aliphatic rings. The second-order valence-electron chi connectivity index (χ2n) is 7.15. The minimum absolute atomic E-state index is 0. The van der Waals surface area contributed by atoms with Crippen LogP contribution in [-0.2, 0) is 30.6 Å². The first kappa shape index (κ1) is 29.6. The summed E-state index contributed by atoms with van der Waals surface area (Å²) < 4.78 is 5.90. The molecule has 0 atom stereocenters. The van der Waals surface area contributed by atoms with Gasteiger partial charge in [-0.05, 0) is 26.1 Å². The molecule has 0 fully saturated rings. The normalized spacial score (nSPS) is 14.8. The minimum Gasteiger partial charge on any atom is -1.00 e. The van der Waals surface area contributed by atoms with Gasteiger partial charge in [0.05, 0.1) is 0 Å². The summed E-state index contributed by atoms with van der Waals surface area (Å²) >= 11 is 0.